The van der Waals surface area contributed by atoms with Crippen LogP contribution in [-0.2, 0) is 7.05 Å². The van der Waals surface area contributed by atoms with Crippen molar-refractivity contribution in [3.8, 4) is 0 Å². The maximum atomic E-state index is 4.31. The lowest BCUT2D eigenvalue weighted by Crippen LogP contribution is -1.88. The Balaban J connectivity index is 0.000000394. The number of fused-ring (bicyclic) bond motifs is 1. The van der Waals surface area contributed by atoms with E-state index in [-0.39, 0.29) is 0 Å². The Morgan fingerprint density at radius 2 is 1.62 bits per heavy atom. The molecule has 0 amide bonds. The highest BCUT2D eigenvalue weighted by Crippen LogP contribution is 2.15. The predicted molar refractivity (Wildman–Crippen MR) is 72.8 cm³/mol. The molecule has 16 heavy (non-hydrogen) atoms. The van der Waals surface area contributed by atoms with Crippen molar-refractivity contribution in [2.45, 2.75) is 41.0 Å². The number of aryl methyl sites for hydroxylation is 2. The molecular formula is C14H24N2. The predicted octanol–water partition coefficient (Wildman–Crippen LogP) is 4.32. The summed E-state index contributed by atoms with van der Waals surface area (Å²) in [4.78, 5) is 0. The zero-order valence-corrected chi connectivity index (χ0v) is 11.4. The topological polar surface area (TPSA) is 17.8 Å². The molecule has 0 aliphatic carbocycles. The van der Waals surface area contributed by atoms with Gasteiger partial charge in [-0.2, -0.15) is 5.10 Å². The summed E-state index contributed by atoms with van der Waals surface area (Å²) >= 11 is 0. The first kappa shape index (κ1) is 14.7. The summed E-state index contributed by atoms with van der Waals surface area (Å²) in [6.45, 7) is 10.3. The van der Waals surface area contributed by atoms with Crippen LogP contribution >= 0.6 is 0 Å². The van der Waals surface area contributed by atoms with Gasteiger partial charge in [0.05, 0.1) is 11.2 Å². The average molecular weight is 220 g/mol. The molecular weight excluding hydrogens is 196 g/mol. The van der Waals surface area contributed by atoms with E-state index in [9.17, 15) is 0 Å². The van der Waals surface area contributed by atoms with Gasteiger partial charge in [-0.15, -0.1) is 0 Å². The molecule has 2 nitrogen and oxygen atoms in total. The third-order valence-corrected chi connectivity index (χ3v) is 1.94. The van der Waals surface area contributed by atoms with Crippen LogP contribution in [0.15, 0.2) is 24.3 Å². The highest BCUT2D eigenvalue weighted by atomic mass is 15.3. The first-order valence-corrected chi connectivity index (χ1v) is 6.09. The first-order chi connectivity index (χ1) is 7.70. The number of nitrogens with zero attached hydrogens (tertiary/aromatic N) is 2. The molecule has 2 heteroatoms. The molecule has 0 bridgehead atoms. The molecule has 0 saturated carbocycles. The smallest absolute Gasteiger partial charge is 0.0681 e. The zero-order valence-electron chi connectivity index (χ0n) is 11.4. The van der Waals surface area contributed by atoms with E-state index in [0.717, 1.165) is 5.69 Å². The van der Waals surface area contributed by atoms with Gasteiger partial charge < -0.3 is 0 Å². The summed E-state index contributed by atoms with van der Waals surface area (Å²) in [7, 11) is 1.97. The summed E-state index contributed by atoms with van der Waals surface area (Å²) < 4.78 is 1.91. The van der Waals surface area contributed by atoms with E-state index in [1.165, 1.54) is 17.3 Å². The quantitative estimate of drug-likeness (QED) is 0.646. The molecule has 0 fully saturated rings. The van der Waals surface area contributed by atoms with Crippen molar-refractivity contribution in [1.29, 1.82) is 0 Å². The minimum atomic E-state index is 1.10. The van der Waals surface area contributed by atoms with E-state index in [1.54, 1.807) is 0 Å². The Morgan fingerprint density at radius 3 is 2.12 bits per heavy atom. The molecule has 2 aromatic rings. The Bertz CT molecular complexity index is 366. The minimum absolute atomic E-state index is 1.10. The van der Waals surface area contributed by atoms with Crippen molar-refractivity contribution in [3.63, 3.8) is 0 Å². The molecule has 1 aromatic heterocycles. The fourth-order valence-electron chi connectivity index (χ4n) is 1.39. The molecule has 2 rings (SSSR count). The number of benzene rings is 1. The van der Waals surface area contributed by atoms with E-state index in [4.69, 9.17) is 0 Å². The number of para-hydroxylation sites is 1. The molecule has 0 unspecified atom stereocenters. The van der Waals surface area contributed by atoms with Crippen LogP contribution in [0.2, 0.25) is 0 Å². The van der Waals surface area contributed by atoms with Crippen LogP contribution in [0.25, 0.3) is 10.9 Å². The largest absolute Gasteiger partial charge is 0.268 e. The maximum Gasteiger partial charge on any atom is 0.0681 e. The van der Waals surface area contributed by atoms with Crippen molar-refractivity contribution < 1.29 is 0 Å². The second kappa shape index (κ2) is 7.91. The molecule has 0 radical (unpaired) electrons. The fourth-order valence-corrected chi connectivity index (χ4v) is 1.39. The van der Waals surface area contributed by atoms with E-state index in [0.29, 0.717) is 0 Å². The normalized spacial score (nSPS) is 8.88. The van der Waals surface area contributed by atoms with Crippen LogP contribution in [0.1, 0.15) is 39.8 Å². The fraction of sp³-hybridized carbons (Fsp3) is 0.500. The van der Waals surface area contributed by atoms with E-state index in [1.807, 2.05) is 44.6 Å². The van der Waals surface area contributed by atoms with Gasteiger partial charge in [-0.3, -0.25) is 4.68 Å². The number of hydrogen-bond donors (Lipinski definition) is 0. The molecule has 1 heterocycles. The monoisotopic (exact) mass is 220 g/mol. The van der Waals surface area contributed by atoms with Crippen molar-refractivity contribution in [2.75, 3.05) is 0 Å². The van der Waals surface area contributed by atoms with Gasteiger partial charge >= 0.3 is 0 Å². The van der Waals surface area contributed by atoms with Crippen LogP contribution < -0.4 is 0 Å². The Morgan fingerprint density at radius 1 is 1.12 bits per heavy atom. The lowest BCUT2D eigenvalue weighted by atomic mass is 10.2. The summed E-state index contributed by atoms with van der Waals surface area (Å²) in [6.07, 6.45) is 1.25. The zero-order chi connectivity index (χ0) is 12.6. The Kier molecular flexibility index (Phi) is 7.27. The third kappa shape index (κ3) is 3.69. The maximum absolute atomic E-state index is 4.31. The lowest BCUT2D eigenvalue weighted by Gasteiger charge is -1.90. The van der Waals surface area contributed by atoms with Crippen molar-refractivity contribution in [2.24, 2.45) is 7.05 Å². The van der Waals surface area contributed by atoms with E-state index < -0.39 is 0 Å². The van der Waals surface area contributed by atoms with Crippen LogP contribution in [0.3, 0.4) is 0 Å². The van der Waals surface area contributed by atoms with Gasteiger partial charge in [-0.05, 0) is 13.0 Å². The summed E-state index contributed by atoms with van der Waals surface area (Å²) in [5.41, 5.74) is 2.30. The van der Waals surface area contributed by atoms with Crippen LogP contribution in [0.5, 0.6) is 0 Å². The molecule has 0 saturated heterocycles. The summed E-state index contributed by atoms with van der Waals surface area (Å²) in [5.74, 6) is 0. The van der Waals surface area contributed by atoms with Gasteiger partial charge in [0.2, 0.25) is 0 Å². The molecule has 1 aromatic carbocycles. The highest BCUT2D eigenvalue weighted by Gasteiger charge is 2.00. The van der Waals surface area contributed by atoms with Gasteiger partial charge in [0, 0.05) is 12.4 Å². The SMILES string of the molecule is CC.CCC.Cc1nn(C)c2ccccc12. The van der Waals surface area contributed by atoms with Crippen LogP contribution in [0, 0.1) is 6.92 Å². The molecule has 0 N–H and O–H groups in total. The van der Waals surface area contributed by atoms with Crippen molar-refractivity contribution in [1.82, 2.24) is 9.78 Å². The third-order valence-electron chi connectivity index (χ3n) is 1.94. The van der Waals surface area contributed by atoms with Crippen LogP contribution in [-0.4, -0.2) is 9.78 Å². The van der Waals surface area contributed by atoms with Gasteiger partial charge in [0.1, 0.15) is 0 Å². The van der Waals surface area contributed by atoms with Crippen molar-refractivity contribution >= 4 is 10.9 Å². The van der Waals surface area contributed by atoms with Crippen molar-refractivity contribution in [3.05, 3.63) is 30.0 Å². The van der Waals surface area contributed by atoms with Gasteiger partial charge in [0.25, 0.3) is 0 Å². The molecule has 0 aliphatic rings. The number of aromatic nitrogens is 2. The molecule has 90 valence electrons. The van der Waals surface area contributed by atoms with Gasteiger partial charge in [-0.1, -0.05) is 52.3 Å². The molecule has 0 spiro atoms. The second-order valence-electron chi connectivity index (χ2n) is 3.43. The number of hydrogen-bond acceptors (Lipinski definition) is 1. The average Bonchev–Trinajstić information content (AvgIpc) is 2.60. The Labute approximate surface area is 99.3 Å². The van der Waals surface area contributed by atoms with Gasteiger partial charge in [-0.25, -0.2) is 0 Å². The number of rotatable bonds is 0. The van der Waals surface area contributed by atoms with E-state index in [2.05, 4.69) is 31.1 Å². The van der Waals surface area contributed by atoms with Gasteiger partial charge in [0.15, 0.2) is 0 Å². The molecule has 0 atom stereocenters. The summed E-state index contributed by atoms with van der Waals surface area (Å²) in [6, 6.07) is 8.24. The highest BCUT2D eigenvalue weighted by molar-refractivity contribution is 5.81. The molecule has 0 aliphatic heterocycles. The first-order valence-electron chi connectivity index (χ1n) is 6.09. The standard InChI is InChI=1S/C9H10N2.C3H8.C2H6/c1-7-8-5-3-4-6-9(8)11(2)10-7;1-3-2;1-2/h3-6H,1-2H3;3H2,1-2H3;1-2H3. The second-order valence-corrected chi connectivity index (χ2v) is 3.43. The summed E-state index contributed by atoms with van der Waals surface area (Å²) in [5, 5.41) is 5.55. The van der Waals surface area contributed by atoms with Crippen LogP contribution in [0.4, 0.5) is 0 Å². The Hall–Kier alpha value is -1.31. The minimum Gasteiger partial charge on any atom is -0.268 e. The van der Waals surface area contributed by atoms with E-state index >= 15 is 0 Å². The lowest BCUT2D eigenvalue weighted by molar-refractivity contribution is 0.783.